The number of pyridine rings is 1. The zero-order chi connectivity index (χ0) is 20.6. The Morgan fingerprint density at radius 2 is 2.17 bits per heavy atom. The fraction of sp³-hybridized carbons (Fsp3) is 0.360. The molecule has 5 nitrogen and oxygen atoms in total. The van der Waals surface area contributed by atoms with Gasteiger partial charge in [0.2, 0.25) is 0 Å². The summed E-state index contributed by atoms with van der Waals surface area (Å²) in [5.41, 5.74) is 3.66. The second kappa shape index (κ2) is 7.63. The largest absolute Gasteiger partial charge is 0.493 e. The number of carboxylic acid groups (broad SMARTS) is 1. The first-order valence-corrected chi connectivity index (χ1v) is 10.7. The molecule has 154 valence electrons. The maximum atomic E-state index is 11.4. The lowest BCUT2D eigenvalue weighted by atomic mass is 9.78. The van der Waals surface area contributed by atoms with Gasteiger partial charge in [0.1, 0.15) is 5.75 Å². The molecule has 0 spiro atoms. The van der Waals surface area contributed by atoms with Gasteiger partial charge in [0.25, 0.3) is 0 Å². The summed E-state index contributed by atoms with van der Waals surface area (Å²) >= 11 is 0. The predicted octanol–water partition coefficient (Wildman–Crippen LogP) is 4.92. The lowest BCUT2D eigenvalue weighted by molar-refractivity contribution is 0.0697. The first-order valence-electron chi connectivity index (χ1n) is 10.7. The lowest BCUT2D eigenvalue weighted by Crippen LogP contribution is -2.23. The van der Waals surface area contributed by atoms with Gasteiger partial charge in [0.05, 0.1) is 24.1 Å². The summed E-state index contributed by atoms with van der Waals surface area (Å²) < 4.78 is 6.05. The summed E-state index contributed by atoms with van der Waals surface area (Å²) in [6.45, 7) is 1.34. The number of benzene rings is 1. The number of nitrogens with one attached hydrogen (secondary N) is 1. The van der Waals surface area contributed by atoms with Gasteiger partial charge < -0.3 is 15.2 Å². The molecule has 1 aromatic heterocycles. The third kappa shape index (κ3) is 3.38. The van der Waals surface area contributed by atoms with Crippen LogP contribution in [0.2, 0.25) is 0 Å². The molecule has 0 bridgehead atoms. The average Bonchev–Trinajstić information content (AvgIpc) is 3.60. The Morgan fingerprint density at radius 3 is 2.93 bits per heavy atom. The molecule has 0 radical (unpaired) electrons. The van der Waals surface area contributed by atoms with Gasteiger partial charge >= 0.3 is 5.97 Å². The van der Waals surface area contributed by atoms with Crippen LogP contribution in [0.4, 0.5) is 5.69 Å². The zero-order valence-electron chi connectivity index (χ0n) is 16.9. The SMILES string of the molecule is O=C(O)c1ccncc1NC[C@@H]1CCOc2cc(C3(C4C=CC=CC4)CC3)ccc21. The second-order valence-electron chi connectivity index (χ2n) is 8.51. The van der Waals surface area contributed by atoms with Crippen LogP contribution in [0.1, 0.15) is 53.1 Å². The van der Waals surface area contributed by atoms with Crippen molar-refractivity contribution in [2.45, 2.75) is 37.0 Å². The molecular formula is C25H26N2O3. The van der Waals surface area contributed by atoms with Crippen molar-refractivity contribution in [2.24, 2.45) is 5.92 Å². The van der Waals surface area contributed by atoms with Gasteiger partial charge in [0.15, 0.2) is 0 Å². The number of aromatic nitrogens is 1. The number of hydrogen-bond donors (Lipinski definition) is 2. The first kappa shape index (κ1) is 18.9. The van der Waals surface area contributed by atoms with Gasteiger partial charge in [-0.3, -0.25) is 4.98 Å². The van der Waals surface area contributed by atoms with E-state index in [2.05, 4.69) is 52.8 Å². The van der Waals surface area contributed by atoms with E-state index in [1.54, 1.807) is 6.20 Å². The second-order valence-corrected chi connectivity index (χ2v) is 8.51. The van der Waals surface area contributed by atoms with Crippen molar-refractivity contribution >= 4 is 11.7 Å². The molecular weight excluding hydrogens is 376 g/mol. The summed E-state index contributed by atoms with van der Waals surface area (Å²) in [6.07, 6.45) is 16.5. The van der Waals surface area contributed by atoms with Crippen molar-refractivity contribution in [3.63, 3.8) is 0 Å². The number of aromatic carboxylic acids is 1. The Labute approximate surface area is 176 Å². The number of carboxylic acids is 1. The smallest absolute Gasteiger partial charge is 0.337 e. The predicted molar refractivity (Wildman–Crippen MR) is 116 cm³/mol. The van der Waals surface area contributed by atoms with E-state index >= 15 is 0 Å². The fourth-order valence-corrected chi connectivity index (χ4v) is 4.94. The van der Waals surface area contributed by atoms with Gasteiger partial charge in [-0.2, -0.15) is 0 Å². The van der Waals surface area contributed by atoms with Crippen LogP contribution < -0.4 is 10.1 Å². The number of nitrogens with zero attached hydrogens (tertiary/aromatic N) is 1. The normalized spacial score (nSPS) is 23.3. The van der Waals surface area contributed by atoms with Crippen LogP contribution in [0, 0.1) is 5.92 Å². The maximum absolute atomic E-state index is 11.4. The quantitative estimate of drug-likeness (QED) is 0.717. The summed E-state index contributed by atoms with van der Waals surface area (Å²) in [5.74, 6) is 0.883. The molecule has 3 aliphatic rings. The summed E-state index contributed by atoms with van der Waals surface area (Å²) in [5, 5.41) is 12.7. The highest BCUT2D eigenvalue weighted by molar-refractivity contribution is 5.93. The molecule has 1 unspecified atom stereocenters. The first-order chi connectivity index (χ1) is 14.7. The minimum absolute atomic E-state index is 0.248. The molecule has 0 saturated heterocycles. The van der Waals surface area contributed by atoms with Crippen LogP contribution >= 0.6 is 0 Å². The highest BCUT2D eigenvalue weighted by atomic mass is 16.5. The Kier molecular flexibility index (Phi) is 4.81. The van der Waals surface area contributed by atoms with Crippen molar-refractivity contribution < 1.29 is 14.6 Å². The third-order valence-corrected chi connectivity index (χ3v) is 6.82. The van der Waals surface area contributed by atoms with Crippen LogP contribution in [-0.4, -0.2) is 29.2 Å². The molecule has 1 aliphatic heterocycles. The monoisotopic (exact) mass is 402 g/mol. The molecule has 2 heterocycles. The fourth-order valence-electron chi connectivity index (χ4n) is 4.94. The topological polar surface area (TPSA) is 71.5 Å². The lowest BCUT2D eigenvalue weighted by Gasteiger charge is -2.30. The molecule has 2 atom stereocenters. The molecule has 2 aliphatic carbocycles. The maximum Gasteiger partial charge on any atom is 0.337 e. The number of fused-ring (bicyclic) bond motifs is 1. The Hall–Kier alpha value is -3.08. The van der Waals surface area contributed by atoms with Gasteiger partial charge in [-0.25, -0.2) is 4.79 Å². The number of allylic oxidation sites excluding steroid dienone is 4. The van der Waals surface area contributed by atoms with E-state index < -0.39 is 5.97 Å². The number of anilines is 1. The van der Waals surface area contributed by atoms with E-state index in [1.165, 1.54) is 36.2 Å². The molecule has 1 fully saturated rings. The van der Waals surface area contributed by atoms with Crippen molar-refractivity contribution in [3.8, 4) is 5.75 Å². The molecule has 1 saturated carbocycles. The van der Waals surface area contributed by atoms with Crippen LogP contribution in [0.5, 0.6) is 5.75 Å². The highest BCUT2D eigenvalue weighted by Crippen LogP contribution is 2.57. The Bertz CT molecular complexity index is 1020. The number of carbonyl (C=O) groups is 1. The van der Waals surface area contributed by atoms with Gasteiger partial charge in [-0.05, 0) is 54.9 Å². The van der Waals surface area contributed by atoms with Crippen molar-refractivity contribution in [1.29, 1.82) is 0 Å². The van der Waals surface area contributed by atoms with E-state index in [0.29, 0.717) is 24.8 Å². The molecule has 5 heteroatoms. The molecule has 2 aromatic rings. The molecule has 0 amide bonds. The average molecular weight is 402 g/mol. The van der Waals surface area contributed by atoms with Crippen molar-refractivity contribution in [1.82, 2.24) is 4.98 Å². The summed E-state index contributed by atoms with van der Waals surface area (Å²) in [7, 11) is 0. The van der Waals surface area contributed by atoms with Crippen molar-refractivity contribution in [2.75, 3.05) is 18.5 Å². The van der Waals surface area contributed by atoms with Crippen LogP contribution in [0.3, 0.4) is 0 Å². The number of hydrogen-bond acceptors (Lipinski definition) is 4. The van der Waals surface area contributed by atoms with E-state index in [-0.39, 0.29) is 16.9 Å². The molecule has 1 aromatic carbocycles. The minimum atomic E-state index is -0.946. The van der Waals surface area contributed by atoms with E-state index in [1.807, 2.05) is 0 Å². The van der Waals surface area contributed by atoms with Crippen molar-refractivity contribution in [3.05, 3.63) is 77.7 Å². The van der Waals surface area contributed by atoms with Gasteiger partial charge in [0, 0.05) is 24.1 Å². The van der Waals surface area contributed by atoms with E-state index in [0.717, 1.165) is 18.6 Å². The Balaban J connectivity index is 1.35. The molecule has 30 heavy (non-hydrogen) atoms. The molecule has 5 rings (SSSR count). The highest BCUT2D eigenvalue weighted by Gasteiger charge is 2.49. The molecule has 2 N–H and O–H groups in total. The van der Waals surface area contributed by atoms with Gasteiger partial charge in [-0.1, -0.05) is 36.4 Å². The van der Waals surface area contributed by atoms with Crippen LogP contribution in [0.15, 0.2) is 61.0 Å². The third-order valence-electron chi connectivity index (χ3n) is 6.82. The van der Waals surface area contributed by atoms with Crippen LogP contribution in [-0.2, 0) is 5.41 Å². The number of rotatable bonds is 6. The van der Waals surface area contributed by atoms with E-state index in [4.69, 9.17) is 4.74 Å². The number of ether oxygens (including phenoxy) is 1. The van der Waals surface area contributed by atoms with E-state index in [9.17, 15) is 9.90 Å². The standard InChI is InChI=1S/C25H26N2O3/c28-24(29)21-8-12-26-16-22(21)27-15-17-9-13-30-23-14-19(6-7-20(17)23)25(10-11-25)18-4-2-1-3-5-18/h1-4,6-8,12,14,16-18,27H,5,9-11,13,15H2,(H,28,29)/t17-,18?/m0/s1. The minimum Gasteiger partial charge on any atom is -0.493 e. The summed E-state index contributed by atoms with van der Waals surface area (Å²) in [4.78, 5) is 15.5. The van der Waals surface area contributed by atoms with Gasteiger partial charge in [-0.15, -0.1) is 0 Å². The zero-order valence-corrected chi connectivity index (χ0v) is 16.9. The Morgan fingerprint density at radius 1 is 1.27 bits per heavy atom. The summed E-state index contributed by atoms with van der Waals surface area (Å²) in [6, 6.07) is 8.29. The van der Waals surface area contributed by atoms with Crippen LogP contribution in [0.25, 0.3) is 0 Å².